The molecule has 1 amide bonds. The van der Waals surface area contributed by atoms with Crippen molar-refractivity contribution in [3.8, 4) is 5.75 Å². The number of carbonyl (C=O) groups excluding carboxylic acids is 1. The van der Waals surface area contributed by atoms with Gasteiger partial charge in [0.25, 0.3) is 0 Å². The number of anilines is 1. The van der Waals surface area contributed by atoms with E-state index >= 15 is 0 Å². The summed E-state index contributed by atoms with van der Waals surface area (Å²) in [6, 6.07) is 5.74. The van der Waals surface area contributed by atoms with Crippen LogP contribution >= 0.6 is 0 Å². The molecule has 0 radical (unpaired) electrons. The second-order valence-corrected chi connectivity index (χ2v) is 3.86. The minimum Gasteiger partial charge on any atom is -0.493 e. The maximum Gasteiger partial charge on any atom is 0.225 e. The number of hydrogen-bond acceptors (Lipinski definition) is 3. The first-order chi connectivity index (χ1) is 7.79. The van der Waals surface area contributed by atoms with E-state index in [4.69, 9.17) is 10.5 Å². The Morgan fingerprint density at radius 1 is 1.50 bits per heavy atom. The van der Waals surface area contributed by atoms with Gasteiger partial charge < -0.3 is 15.8 Å². The molecule has 1 aromatic rings. The Bertz CT molecular complexity index is 391. The third-order valence-electron chi connectivity index (χ3n) is 2.56. The first-order valence-corrected chi connectivity index (χ1v) is 5.55. The van der Waals surface area contributed by atoms with Gasteiger partial charge in [-0.2, -0.15) is 0 Å². The number of nitrogens with two attached hydrogens (primary N) is 1. The molecule has 0 atom stereocenters. The normalized spacial score (nSPS) is 13.8. The van der Waals surface area contributed by atoms with Crippen LogP contribution in [0.4, 0.5) is 5.69 Å². The van der Waals surface area contributed by atoms with E-state index in [9.17, 15) is 4.79 Å². The highest BCUT2D eigenvalue weighted by Gasteiger charge is 2.11. The molecule has 2 rings (SSSR count). The Morgan fingerprint density at radius 3 is 3.19 bits per heavy atom. The molecular weight excluding hydrogens is 204 g/mol. The Morgan fingerprint density at radius 2 is 2.38 bits per heavy atom. The van der Waals surface area contributed by atoms with Crippen molar-refractivity contribution in [3.05, 3.63) is 23.8 Å². The summed E-state index contributed by atoms with van der Waals surface area (Å²) < 4.78 is 5.50. The molecular formula is C12H16N2O2. The van der Waals surface area contributed by atoms with Crippen LogP contribution in [-0.2, 0) is 11.2 Å². The van der Waals surface area contributed by atoms with Gasteiger partial charge in [-0.05, 0) is 36.6 Å². The Balaban J connectivity index is 2.08. The SMILES string of the molecule is NCCC(=O)Nc1ccc2c(c1)CCCO2. The van der Waals surface area contributed by atoms with Gasteiger partial charge in [-0.1, -0.05) is 0 Å². The Hall–Kier alpha value is -1.55. The van der Waals surface area contributed by atoms with Crippen LogP contribution in [0.15, 0.2) is 18.2 Å². The Kier molecular flexibility index (Phi) is 3.41. The predicted molar refractivity (Wildman–Crippen MR) is 62.6 cm³/mol. The predicted octanol–water partition coefficient (Wildman–Crippen LogP) is 1.30. The van der Waals surface area contributed by atoms with E-state index in [-0.39, 0.29) is 5.91 Å². The highest BCUT2D eigenvalue weighted by molar-refractivity contribution is 5.91. The van der Waals surface area contributed by atoms with Crippen LogP contribution in [0.25, 0.3) is 0 Å². The Labute approximate surface area is 94.8 Å². The fourth-order valence-electron chi connectivity index (χ4n) is 1.79. The zero-order valence-corrected chi connectivity index (χ0v) is 9.16. The lowest BCUT2D eigenvalue weighted by atomic mass is 10.1. The van der Waals surface area contributed by atoms with Crippen LogP contribution in [0.1, 0.15) is 18.4 Å². The van der Waals surface area contributed by atoms with Gasteiger partial charge in [0.2, 0.25) is 5.91 Å². The molecule has 0 aromatic heterocycles. The molecule has 0 spiro atoms. The summed E-state index contributed by atoms with van der Waals surface area (Å²) in [6.45, 7) is 1.16. The van der Waals surface area contributed by atoms with Gasteiger partial charge in [0.1, 0.15) is 5.75 Å². The van der Waals surface area contributed by atoms with Crippen LogP contribution in [-0.4, -0.2) is 19.1 Å². The van der Waals surface area contributed by atoms with Crippen molar-refractivity contribution >= 4 is 11.6 Å². The lowest BCUT2D eigenvalue weighted by Gasteiger charge is -2.18. The highest BCUT2D eigenvalue weighted by atomic mass is 16.5. The molecule has 0 unspecified atom stereocenters. The summed E-state index contributed by atoms with van der Waals surface area (Å²) in [5.41, 5.74) is 7.30. The van der Waals surface area contributed by atoms with E-state index in [1.54, 1.807) is 0 Å². The minimum absolute atomic E-state index is 0.0424. The fraction of sp³-hybridized carbons (Fsp3) is 0.417. The maximum atomic E-state index is 11.4. The molecule has 4 nitrogen and oxygen atoms in total. The minimum atomic E-state index is -0.0424. The maximum absolute atomic E-state index is 11.4. The summed E-state index contributed by atoms with van der Waals surface area (Å²) >= 11 is 0. The average molecular weight is 220 g/mol. The number of rotatable bonds is 3. The monoisotopic (exact) mass is 220 g/mol. The van der Waals surface area contributed by atoms with Crippen molar-refractivity contribution in [3.63, 3.8) is 0 Å². The topological polar surface area (TPSA) is 64.4 Å². The van der Waals surface area contributed by atoms with Crippen LogP contribution in [0.3, 0.4) is 0 Å². The van der Waals surface area contributed by atoms with Crippen molar-refractivity contribution in [1.82, 2.24) is 0 Å². The fourth-order valence-corrected chi connectivity index (χ4v) is 1.79. The molecule has 1 aromatic carbocycles. The van der Waals surface area contributed by atoms with Gasteiger partial charge >= 0.3 is 0 Å². The first-order valence-electron chi connectivity index (χ1n) is 5.55. The number of amides is 1. The zero-order chi connectivity index (χ0) is 11.4. The lowest BCUT2D eigenvalue weighted by molar-refractivity contribution is -0.116. The van der Waals surface area contributed by atoms with Gasteiger partial charge in [-0.3, -0.25) is 4.79 Å². The van der Waals surface area contributed by atoms with E-state index in [1.807, 2.05) is 18.2 Å². The average Bonchev–Trinajstić information content (AvgIpc) is 2.29. The number of nitrogens with one attached hydrogen (secondary N) is 1. The summed E-state index contributed by atoms with van der Waals surface area (Å²) in [7, 11) is 0. The van der Waals surface area contributed by atoms with Crippen LogP contribution in [0.2, 0.25) is 0 Å². The van der Waals surface area contributed by atoms with E-state index in [1.165, 1.54) is 0 Å². The standard InChI is InChI=1S/C12H16N2O2/c13-6-5-12(15)14-10-3-4-11-9(8-10)2-1-7-16-11/h3-4,8H,1-2,5-7,13H2,(H,14,15). The summed E-state index contributed by atoms with van der Waals surface area (Å²) in [5.74, 6) is 0.891. The van der Waals surface area contributed by atoms with Gasteiger partial charge in [0, 0.05) is 18.7 Å². The molecule has 86 valence electrons. The molecule has 1 aliphatic heterocycles. The number of carbonyl (C=O) groups is 1. The van der Waals surface area contributed by atoms with Crippen molar-refractivity contribution in [2.75, 3.05) is 18.5 Å². The van der Waals surface area contributed by atoms with Crippen LogP contribution in [0.5, 0.6) is 5.75 Å². The molecule has 0 saturated carbocycles. The second-order valence-electron chi connectivity index (χ2n) is 3.86. The first kappa shape index (κ1) is 11.0. The van der Waals surface area contributed by atoms with Gasteiger partial charge in [-0.15, -0.1) is 0 Å². The summed E-state index contributed by atoms with van der Waals surface area (Å²) in [6.07, 6.45) is 2.40. The van der Waals surface area contributed by atoms with E-state index in [0.717, 1.165) is 36.4 Å². The zero-order valence-electron chi connectivity index (χ0n) is 9.16. The van der Waals surface area contributed by atoms with Crippen LogP contribution < -0.4 is 15.8 Å². The summed E-state index contributed by atoms with van der Waals surface area (Å²) in [5, 5.41) is 2.82. The smallest absolute Gasteiger partial charge is 0.225 e. The third-order valence-corrected chi connectivity index (χ3v) is 2.56. The van der Waals surface area contributed by atoms with E-state index < -0.39 is 0 Å². The van der Waals surface area contributed by atoms with E-state index in [2.05, 4.69) is 5.32 Å². The van der Waals surface area contributed by atoms with Gasteiger partial charge in [0.15, 0.2) is 0 Å². The highest BCUT2D eigenvalue weighted by Crippen LogP contribution is 2.27. The molecule has 3 N–H and O–H groups in total. The number of benzene rings is 1. The number of hydrogen-bond donors (Lipinski definition) is 2. The third kappa shape index (κ3) is 2.52. The van der Waals surface area contributed by atoms with Gasteiger partial charge in [0.05, 0.1) is 6.61 Å². The molecule has 0 aliphatic carbocycles. The van der Waals surface area contributed by atoms with Gasteiger partial charge in [-0.25, -0.2) is 0 Å². The van der Waals surface area contributed by atoms with E-state index in [0.29, 0.717) is 13.0 Å². The molecule has 0 saturated heterocycles. The summed E-state index contributed by atoms with van der Waals surface area (Å²) in [4.78, 5) is 11.4. The molecule has 0 fully saturated rings. The lowest BCUT2D eigenvalue weighted by Crippen LogP contribution is -2.16. The largest absolute Gasteiger partial charge is 0.493 e. The molecule has 16 heavy (non-hydrogen) atoms. The van der Waals surface area contributed by atoms with Crippen molar-refractivity contribution < 1.29 is 9.53 Å². The number of aryl methyl sites for hydroxylation is 1. The molecule has 1 aliphatic rings. The quantitative estimate of drug-likeness (QED) is 0.807. The van der Waals surface area contributed by atoms with Crippen molar-refractivity contribution in [2.24, 2.45) is 5.73 Å². The van der Waals surface area contributed by atoms with Crippen molar-refractivity contribution in [1.29, 1.82) is 0 Å². The molecule has 0 bridgehead atoms. The second kappa shape index (κ2) is 4.99. The molecule has 1 heterocycles. The number of ether oxygens (including phenoxy) is 1. The van der Waals surface area contributed by atoms with Crippen LogP contribution in [0, 0.1) is 0 Å². The number of fused-ring (bicyclic) bond motifs is 1. The molecule has 4 heteroatoms. The van der Waals surface area contributed by atoms with Crippen molar-refractivity contribution in [2.45, 2.75) is 19.3 Å².